The van der Waals surface area contributed by atoms with Gasteiger partial charge in [-0.15, -0.1) is 0 Å². The maximum absolute atomic E-state index is 12.8. The van der Waals surface area contributed by atoms with Gasteiger partial charge in [-0.1, -0.05) is 0 Å². The number of anilines is 2. The number of nitriles is 2. The van der Waals surface area contributed by atoms with Gasteiger partial charge in [-0.2, -0.15) is 36.9 Å². The fraction of sp³-hybridized carbons (Fsp3) is 0.143. The largest absolute Gasteiger partial charge is 0.419 e. The number of aromatic nitrogens is 2. The van der Waals surface area contributed by atoms with E-state index in [1.165, 1.54) is 12.1 Å². The van der Waals surface area contributed by atoms with Crippen molar-refractivity contribution in [2.45, 2.75) is 12.4 Å². The third-order valence-electron chi connectivity index (χ3n) is 2.95. The summed E-state index contributed by atoms with van der Waals surface area (Å²) in [6.07, 6.45) is -7.89. The number of rotatable bonds is 3. The molecule has 0 amide bonds. The molecule has 0 atom stereocenters. The highest BCUT2D eigenvalue weighted by molar-refractivity contribution is 5.55. The van der Waals surface area contributed by atoms with Crippen molar-refractivity contribution in [1.82, 2.24) is 9.97 Å². The molecule has 12 heteroatoms. The van der Waals surface area contributed by atoms with Crippen LogP contribution in [0.2, 0.25) is 0 Å². The molecular formula is C14H6F6N6. The van der Waals surface area contributed by atoms with Gasteiger partial charge in [-0.25, -0.2) is 9.97 Å². The van der Waals surface area contributed by atoms with Gasteiger partial charge in [-0.05, 0) is 12.1 Å². The summed E-state index contributed by atoms with van der Waals surface area (Å²) in [6, 6.07) is 3.73. The van der Waals surface area contributed by atoms with Gasteiger partial charge in [-0.3, -0.25) is 10.9 Å². The molecule has 0 aromatic carbocycles. The van der Waals surface area contributed by atoms with Crippen LogP contribution in [0.5, 0.6) is 0 Å². The first-order valence-corrected chi connectivity index (χ1v) is 6.53. The van der Waals surface area contributed by atoms with E-state index < -0.39 is 34.9 Å². The highest BCUT2D eigenvalue weighted by Crippen LogP contribution is 2.34. The first-order valence-electron chi connectivity index (χ1n) is 6.53. The molecule has 0 fully saturated rings. The Balaban J connectivity index is 2.28. The third-order valence-corrected chi connectivity index (χ3v) is 2.95. The Morgan fingerprint density at radius 3 is 1.35 bits per heavy atom. The standard InChI is InChI=1S/C14H6F6N6/c15-13(16,17)9-1-7(5-23-11(9)3-21)25-26-8-2-10(14(18,19)20)12(4-22)24-6-8/h1-2,5-6,25-26H. The second-order valence-corrected chi connectivity index (χ2v) is 4.71. The van der Waals surface area contributed by atoms with Gasteiger partial charge in [0.25, 0.3) is 0 Å². The van der Waals surface area contributed by atoms with Gasteiger partial charge < -0.3 is 0 Å². The summed E-state index contributed by atoms with van der Waals surface area (Å²) in [7, 11) is 0. The lowest BCUT2D eigenvalue weighted by atomic mass is 10.2. The first kappa shape index (κ1) is 18.8. The fourth-order valence-electron chi connectivity index (χ4n) is 1.82. The molecule has 0 aliphatic rings. The zero-order valence-corrected chi connectivity index (χ0v) is 12.4. The maximum Gasteiger partial charge on any atom is 0.419 e. The fourth-order valence-corrected chi connectivity index (χ4v) is 1.82. The van der Waals surface area contributed by atoms with Crippen molar-refractivity contribution < 1.29 is 26.3 Å². The second-order valence-electron chi connectivity index (χ2n) is 4.71. The monoisotopic (exact) mass is 372 g/mol. The summed E-state index contributed by atoms with van der Waals surface area (Å²) in [5, 5.41) is 17.3. The number of nitrogens with one attached hydrogen (secondary N) is 2. The van der Waals surface area contributed by atoms with E-state index in [2.05, 4.69) is 20.8 Å². The Kier molecular flexibility index (Phi) is 4.88. The van der Waals surface area contributed by atoms with Gasteiger partial charge in [0.1, 0.15) is 12.1 Å². The van der Waals surface area contributed by atoms with Crippen molar-refractivity contribution in [1.29, 1.82) is 10.5 Å². The van der Waals surface area contributed by atoms with E-state index in [-0.39, 0.29) is 11.4 Å². The Hall–Kier alpha value is -3.54. The third kappa shape index (κ3) is 4.10. The molecule has 0 aliphatic heterocycles. The summed E-state index contributed by atoms with van der Waals surface area (Å²) < 4.78 is 77.0. The molecule has 0 radical (unpaired) electrons. The summed E-state index contributed by atoms with van der Waals surface area (Å²) in [4.78, 5) is 6.68. The molecule has 0 bridgehead atoms. The molecule has 2 heterocycles. The molecule has 0 saturated heterocycles. The average Bonchev–Trinajstić information content (AvgIpc) is 2.58. The van der Waals surface area contributed by atoms with Crippen LogP contribution in [-0.2, 0) is 12.4 Å². The minimum atomic E-state index is -4.84. The Bertz CT molecular complexity index is 831. The molecular weight excluding hydrogens is 366 g/mol. The van der Waals surface area contributed by atoms with E-state index in [9.17, 15) is 26.3 Å². The Morgan fingerprint density at radius 2 is 1.08 bits per heavy atom. The lowest BCUT2D eigenvalue weighted by Crippen LogP contribution is -2.15. The molecule has 0 aliphatic carbocycles. The molecule has 0 unspecified atom stereocenters. The second kappa shape index (κ2) is 6.76. The van der Waals surface area contributed by atoms with Crippen molar-refractivity contribution in [3.05, 3.63) is 47.0 Å². The van der Waals surface area contributed by atoms with Crippen LogP contribution in [0, 0.1) is 22.7 Å². The molecule has 2 rings (SSSR count). The lowest BCUT2D eigenvalue weighted by molar-refractivity contribution is -0.138. The maximum atomic E-state index is 12.8. The van der Waals surface area contributed by atoms with Crippen molar-refractivity contribution in [3.8, 4) is 12.1 Å². The number of nitrogens with zero attached hydrogens (tertiary/aromatic N) is 4. The molecule has 2 aromatic heterocycles. The van der Waals surface area contributed by atoms with E-state index >= 15 is 0 Å². The molecule has 0 saturated carbocycles. The highest BCUT2D eigenvalue weighted by Gasteiger charge is 2.35. The molecule has 2 aromatic rings. The SMILES string of the molecule is N#Cc1ncc(NNc2cnc(C#N)c(C(F)(F)F)c2)cc1C(F)(F)F. The predicted octanol–water partition coefficient (Wildman–Crippen LogP) is 3.70. The zero-order valence-electron chi connectivity index (χ0n) is 12.4. The van der Waals surface area contributed by atoms with Crippen LogP contribution in [0.4, 0.5) is 37.7 Å². The summed E-state index contributed by atoms with van der Waals surface area (Å²) >= 11 is 0. The van der Waals surface area contributed by atoms with Crippen LogP contribution in [0.1, 0.15) is 22.5 Å². The quantitative estimate of drug-likeness (QED) is 0.630. The van der Waals surface area contributed by atoms with Crippen LogP contribution in [-0.4, -0.2) is 9.97 Å². The number of halogens is 6. The van der Waals surface area contributed by atoms with Gasteiger partial charge >= 0.3 is 12.4 Å². The number of hydrazine groups is 1. The van der Waals surface area contributed by atoms with Crippen molar-refractivity contribution in [3.63, 3.8) is 0 Å². The van der Waals surface area contributed by atoms with Crippen LogP contribution >= 0.6 is 0 Å². The molecule has 134 valence electrons. The number of pyridine rings is 2. The van der Waals surface area contributed by atoms with Crippen LogP contribution in [0.3, 0.4) is 0 Å². The van der Waals surface area contributed by atoms with E-state index in [4.69, 9.17) is 10.5 Å². The minimum Gasteiger partial charge on any atom is -0.299 e. The zero-order chi connectivity index (χ0) is 19.5. The van der Waals surface area contributed by atoms with Gasteiger partial charge in [0.05, 0.1) is 34.9 Å². The van der Waals surface area contributed by atoms with Crippen molar-refractivity contribution >= 4 is 11.4 Å². The molecule has 26 heavy (non-hydrogen) atoms. The molecule has 6 nitrogen and oxygen atoms in total. The van der Waals surface area contributed by atoms with Gasteiger partial charge in [0, 0.05) is 0 Å². The first-order chi connectivity index (χ1) is 12.1. The number of hydrogen-bond acceptors (Lipinski definition) is 6. The number of alkyl halides is 6. The number of hydrogen-bond donors (Lipinski definition) is 2. The highest BCUT2D eigenvalue weighted by atomic mass is 19.4. The lowest BCUT2D eigenvalue weighted by Gasteiger charge is -2.14. The topological polar surface area (TPSA) is 97.4 Å². The summed E-state index contributed by atoms with van der Waals surface area (Å²) in [5.41, 5.74) is -0.353. The summed E-state index contributed by atoms with van der Waals surface area (Å²) in [5.74, 6) is 0. The van der Waals surface area contributed by atoms with E-state index in [1.807, 2.05) is 0 Å². The normalized spacial score (nSPS) is 11.4. The van der Waals surface area contributed by atoms with E-state index in [0.717, 1.165) is 12.4 Å². The van der Waals surface area contributed by atoms with Crippen LogP contribution in [0.25, 0.3) is 0 Å². The minimum absolute atomic E-state index is 0.255. The average molecular weight is 372 g/mol. The van der Waals surface area contributed by atoms with E-state index in [1.54, 1.807) is 0 Å². The smallest absolute Gasteiger partial charge is 0.299 e. The van der Waals surface area contributed by atoms with Gasteiger partial charge in [0.2, 0.25) is 0 Å². The van der Waals surface area contributed by atoms with E-state index in [0.29, 0.717) is 12.1 Å². The Labute approximate surface area is 141 Å². The van der Waals surface area contributed by atoms with Crippen LogP contribution in [0.15, 0.2) is 24.5 Å². The molecule has 0 spiro atoms. The summed E-state index contributed by atoms with van der Waals surface area (Å²) in [6.45, 7) is 0. The van der Waals surface area contributed by atoms with Crippen molar-refractivity contribution in [2.75, 3.05) is 10.9 Å². The van der Waals surface area contributed by atoms with Crippen LogP contribution < -0.4 is 10.9 Å². The van der Waals surface area contributed by atoms with Crippen molar-refractivity contribution in [2.24, 2.45) is 0 Å². The predicted molar refractivity (Wildman–Crippen MR) is 75.2 cm³/mol. The molecule has 2 N–H and O–H groups in total. The Morgan fingerprint density at radius 1 is 0.731 bits per heavy atom. The van der Waals surface area contributed by atoms with Gasteiger partial charge in [0.15, 0.2) is 11.4 Å².